The average molecular weight is 595 g/mol. The molecule has 3 aromatic rings. The van der Waals surface area contributed by atoms with Gasteiger partial charge in [0.25, 0.3) is 5.91 Å². The van der Waals surface area contributed by atoms with Crippen molar-refractivity contribution >= 4 is 29.1 Å². The Morgan fingerprint density at radius 1 is 1.19 bits per heavy atom. The van der Waals surface area contributed by atoms with E-state index in [1.54, 1.807) is 31.1 Å². The van der Waals surface area contributed by atoms with Crippen molar-refractivity contribution in [3.05, 3.63) is 51.0 Å². The lowest BCUT2D eigenvalue weighted by Crippen LogP contribution is -2.52. The highest BCUT2D eigenvalue weighted by atomic mass is 32.1. The van der Waals surface area contributed by atoms with Crippen LogP contribution in [0, 0.1) is 12.8 Å². The van der Waals surface area contributed by atoms with E-state index in [9.17, 15) is 14.4 Å². The van der Waals surface area contributed by atoms with Gasteiger partial charge in [-0.15, -0.1) is 11.3 Å². The van der Waals surface area contributed by atoms with Gasteiger partial charge in [-0.25, -0.2) is 4.98 Å². The van der Waals surface area contributed by atoms with Gasteiger partial charge in [-0.1, -0.05) is 13.8 Å². The van der Waals surface area contributed by atoms with Gasteiger partial charge in [0.2, 0.25) is 17.7 Å². The molecule has 0 saturated carbocycles. The number of hydrogen-bond acceptors (Lipinski definition) is 8. The fourth-order valence-electron chi connectivity index (χ4n) is 5.38. The lowest BCUT2D eigenvalue weighted by molar-refractivity contribution is -0.130. The molecule has 2 N–H and O–H groups in total. The number of oxazole rings is 1. The first-order chi connectivity index (χ1) is 20.2. The van der Waals surface area contributed by atoms with Crippen LogP contribution in [0.15, 0.2) is 28.0 Å². The number of carbonyl (C=O) groups is 3. The van der Waals surface area contributed by atoms with Crippen LogP contribution in [0.5, 0.6) is 11.5 Å². The van der Waals surface area contributed by atoms with Crippen molar-refractivity contribution in [1.29, 1.82) is 0 Å². The number of hydrogen-bond donors (Lipinski definition) is 2. The normalized spacial score (nSPS) is 18.3. The maximum Gasteiger partial charge on any atom is 0.264 e. The Morgan fingerprint density at radius 3 is 2.79 bits per heavy atom. The van der Waals surface area contributed by atoms with E-state index >= 15 is 0 Å². The molecule has 0 spiro atoms. The van der Waals surface area contributed by atoms with Crippen molar-refractivity contribution in [3.63, 3.8) is 0 Å². The van der Waals surface area contributed by atoms with Gasteiger partial charge in [0.15, 0.2) is 11.5 Å². The second-order valence-electron chi connectivity index (χ2n) is 11.1. The van der Waals surface area contributed by atoms with E-state index in [-0.39, 0.29) is 36.7 Å². The number of ether oxygens (including phenoxy) is 2. The number of amides is 3. The topological polar surface area (TPSA) is 123 Å². The number of fused-ring (bicyclic) bond motifs is 6. The van der Waals surface area contributed by atoms with E-state index in [1.807, 2.05) is 19.9 Å². The number of thiophene rings is 1. The van der Waals surface area contributed by atoms with Gasteiger partial charge in [0.05, 0.1) is 31.7 Å². The van der Waals surface area contributed by atoms with Crippen LogP contribution < -0.4 is 20.1 Å². The quantitative estimate of drug-likeness (QED) is 0.464. The molecule has 0 radical (unpaired) electrons. The third-order valence-corrected chi connectivity index (χ3v) is 8.81. The number of aromatic nitrogens is 1. The molecule has 0 fully saturated rings. The van der Waals surface area contributed by atoms with E-state index in [2.05, 4.69) is 21.0 Å². The highest BCUT2D eigenvalue weighted by molar-refractivity contribution is 7.12. The third kappa shape index (κ3) is 6.46. The van der Waals surface area contributed by atoms with E-state index in [1.165, 1.54) is 16.9 Å². The smallest absolute Gasteiger partial charge is 0.264 e. The molecule has 2 aliphatic rings. The van der Waals surface area contributed by atoms with Gasteiger partial charge in [0.1, 0.15) is 17.5 Å². The van der Waals surface area contributed by atoms with E-state index in [0.29, 0.717) is 58.9 Å². The fourth-order valence-corrected chi connectivity index (χ4v) is 6.50. The molecule has 0 unspecified atom stereocenters. The maximum absolute atomic E-state index is 13.8. The number of nitrogens with one attached hydrogen (secondary N) is 2. The summed E-state index contributed by atoms with van der Waals surface area (Å²) >= 11 is 1.45. The Morgan fingerprint density at radius 2 is 2.00 bits per heavy atom. The summed E-state index contributed by atoms with van der Waals surface area (Å²) in [5, 5.41) is 7.83. The van der Waals surface area contributed by atoms with Crippen LogP contribution in [0.25, 0.3) is 11.5 Å². The van der Waals surface area contributed by atoms with Gasteiger partial charge < -0.3 is 29.4 Å². The largest absolute Gasteiger partial charge is 0.493 e. The number of carbonyl (C=O) groups excluding carboxylic acids is 3. The van der Waals surface area contributed by atoms with E-state index in [0.717, 1.165) is 31.2 Å². The molecular weight excluding hydrogens is 556 g/mol. The van der Waals surface area contributed by atoms with Crippen LogP contribution in [0.2, 0.25) is 0 Å². The minimum Gasteiger partial charge on any atom is -0.493 e. The summed E-state index contributed by atoms with van der Waals surface area (Å²) in [5.74, 6) is 1.00. The second-order valence-corrected chi connectivity index (χ2v) is 12.0. The molecular formula is C31H38N4O6S. The molecule has 1 aliphatic heterocycles. The zero-order valence-electron chi connectivity index (χ0n) is 24.6. The minimum absolute atomic E-state index is 0.140. The molecule has 3 heterocycles. The average Bonchev–Trinajstić information content (AvgIpc) is 3.58. The first-order valence-corrected chi connectivity index (χ1v) is 15.4. The van der Waals surface area contributed by atoms with Gasteiger partial charge in [-0.2, -0.15) is 0 Å². The van der Waals surface area contributed by atoms with Gasteiger partial charge >= 0.3 is 0 Å². The van der Waals surface area contributed by atoms with Crippen molar-refractivity contribution < 1.29 is 28.3 Å². The molecule has 5 rings (SSSR count). The predicted molar refractivity (Wildman–Crippen MR) is 159 cm³/mol. The second kappa shape index (κ2) is 13.0. The molecule has 1 aliphatic carbocycles. The van der Waals surface area contributed by atoms with Gasteiger partial charge in [-0.3, -0.25) is 14.4 Å². The Bertz CT molecular complexity index is 1460. The first kappa shape index (κ1) is 29.6. The Labute approximate surface area is 249 Å². The molecule has 0 saturated heterocycles. The Hall–Kier alpha value is -3.86. The van der Waals surface area contributed by atoms with Crippen molar-refractivity contribution in [3.8, 4) is 23.0 Å². The van der Waals surface area contributed by atoms with Crippen molar-refractivity contribution in [1.82, 2.24) is 20.5 Å². The lowest BCUT2D eigenvalue weighted by Gasteiger charge is -2.26. The van der Waals surface area contributed by atoms with Gasteiger partial charge in [0, 0.05) is 12.1 Å². The predicted octanol–water partition coefficient (Wildman–Crippen LogP) is 4.28. The highest BCUT2D eigenvalue weighted by Crippen LogP contribution is 2.34. The summed E-state index contributed by atoms with van der Waals surface area (Å²) in [6, 6.07) is 4.65. The monoisotopic (exact) mass is 594 g/mol. The molecule has 11 heteroatoms. The van der Waals surface area contributed by atoms with Crippen molar-refractivity contribution in [2.75, 3.05) is 26.8 Å². The lowest BCUT2D eigenvalue weighted by atomic mass is 9.93. The Kier molecular flexibility index (Phi) is 9.15. The maximum atomic E-state index is 13.8. The van der Waals surface area contributed by atoms with Crippen LogP contribution in [0.3, 0.4) is 0 Å². The summed E-state index contributed by atoms with van der Waals surface area (Å²) in [7, 11) is 1.57. The zero-order chi connectivity index (χ0) is 29.8. The van der Waals surface area contributed by atoms with Crippen molar-refractivity contribution in [2.45, 2.75) is 65.5 Å². The zero-order valence-corrected chi connectivity index (χ0v) is 25.4. The number of aryl methyl sites for hydroxylation is 2. The number of benzene rings is 1. The number of rotatable bonds is 3. The summed E-state index contributed by atoms with van der Waals surface area (Å²) in [6.45, 7) is 6.11. The molecule has 224 valence electrons. The molecule has 10 nitrogen and oxygen atoms in total. The van der Waals surface area contributed by atoms with E-state index < -0.39 is 6.04 Å². The van der Waals surface area contributed by atoms with Crippen LogP contribution in [0.4, 0.5) is 0 Å². The third-order valence-electron chi connectivity index (χ3n) is 7.75. The Balaban J connectivity index is 1.44. The van der Waals surface area contributed by atoms with E-state index in [4.69, 9.17) is 13.9 Å². The fraction of sp³-hybridized carbons (Fsp3) is 0.484. The van der Waals surface area contributed by atoms with Crippen LogP contribution in [0.1, 0.15) is 65.4 Å². The van der Waals surface area contributed by atoms with Crippen LogP contribution in [-0.2, 0) is 29.0 Å². The summed E-state index contributed by atoms with van der Waals surface area (Å²) < 4.78 is 17.5. The molecule has 4 bridgehead atoms. The summed E-state index contributed by atoms with van der Waals surface area (Å²) in [6.07, 6.45) is 4.52. The van der Waals surface area contributed by atoms with Gasteiger partial charge in [-0.05, 0) is 79.7 Å². The van der Waals surface area contributed by atoms with Crippen LogP contribution in [-0.4, -0.2) is 60.5 Å². The van der Waals surface area contributed by atoms with Crippen molar-refractivity contribution in [2.24, 2.45) is 5.92 Å². The standard InChI is InChI=1S/C31H38N4O6S/c1-18(2)27-29(37)32-15-23-19(3)41-30(33-23)20-10-11-24(39-4)25(14-20)40-13-7-12-35(16-26(36)34-27)31(38)28-22-9-6-5-8-21(22)17-42-28/h10-11,14,17-18,27H,5-9,12-13,15-16H2,1-4H3,(H,32,37)(H,34,36)/t27-/m0/s1. The van der Waals surface area contributed by atoms with Crippen LogP contribution >= 0.6 is 11.3 Å². The first-order valence-electron chi connectivity index (χ1n) is 14.5. The minimum atomic E-state index is -0.776. The highest BCUT2D eigenvalue weighted by Gasteiger charge is 2.29. The SMILES string of the molecule is COc1ccc2cc1OCCCN(C(=O)c1scc3c1CCCC3)CC(=O)N[C@@H](C(C)C)C(=O)NCc1nc-2oc1C. The number of methoxy groups -OCH3 is 1. The molecule has 1 atom stereocenters. The molecule has 42 heavy (non-hydrogen) atoms. The number of nitrogens with zero attached hydrogens (tertiary/aromatic N) is 2. The molecule has 3 amide bonds. The summed E-state index contributed by atoms with van der Waals surface area (Å²) in [5.41, 5.74) is 3.64. The summed E-state index contributed by atoms with van der Waals surface area (Å²) in [4.78, 5) is 47.2. The molecule has 1 aromatic carbocycles. The molecule has 2 aromatic heterocycles.